The zero-order valence-electron chi connectivity index (χ0n) is 13.8. The Morgan fingerprint density at radius 1 is 1.28 bits per heavy atom. The number of carboxylic acids is 1. The second kappa shape index (κ2) is 6.11. The van der Waals surface area contributed by atoms with Crippen molar-refractivity contribution in [3.63, 3.8) is 0 Å². The van der Waals surface area contributed by atoms with Crippen LogP contribution in [0.2, 0.25) is 0 Å². The lowest BCUT2D eigenvalue weighted by Gasteiger charge is -2.40. The van der Waals surface area contributed by atoms with Crippen LogP contribution < -0.4 is 10.9 Å². The Morgan fingerprint density at radius 3 is 2.28 bits per heavy atom. The van der Waals surface area contributed by atoms with Crippen molar-refractivity contribution in [1.82, 2.24) is 8.87 Å². The van der Waals surface area contributed by atoms with Crippen LogP contribution in [0.15, 0.2) is 12.3 Å². The van der Waals surface area contributed by atoms with E-state index in [-0.39, 0.29) is 29.6 Å². The molecule has 0 aliphatic carbocycles. The summed E-state index contributed by atoms with van der Waals surface area (Å²) in [6.45, 7) is 1.66. The average Bonchev–Trinajstić information content (AvgIpc) is 3.06. The molecule has 1 amide bonds. The van der Waals surface area contributed by atoms with Crippen molar-refractivity contribution in [2.45, 2.75) is 56.7 Å². The Labute approximate surface area is 145 Å². The van der Waals surface area contributed by atoms with E-state index in [1.54, 1.807) is 6.92 Å². The van der Waals surface area contributed by atoms with E-state index >= 15 is 0 Å². The number of carboxylic acid groups (broad SMARTS) is 1. The first kappa shape index (κ1) is 17.9. The van der Waals surface area contributed by atoms with Gasteiger partial charge in [-0.15, -0.1) is 0 Å². The molecule has 0 saturated carbocycles. The highest BCUT2D eigenvalue weighted by Crippen LogP contribution is 2.44. The summed E-state index contributed by atoms with van der Waals surface area (Å²) in [6.07, 6.45) is 4.04. The molecule has 3 heterocycles. The van der Waals surface area contributed by atoms with Gasteiger partial charge in [0.2, 0.25) is 5.91 Å². The molecule has 3 rings (SSSR count). The second-order valence-electron chi connectivity index (χ2n) is 6.85. The number of aromatic nitrogens is 1. The van der Waals surface area contributed by atoms with Gasteiger partial charge in [0.05, 0.1) is 6.04 Å². The first-order valence-corrected chi connectivity index (χ1v) is 9.67. The minimum Gasteiger partial charge on any atom is -0.477 e. The molecule has 0 spiro atoms. The Bertz CT molecular complexity index is 802. The lowest BCUT2D eigenvalue weighted by molar-refractivity contribution is -0.136. The van der Waals surface area contributed by atoms with Gasteiger partial charge in [-0.05, 0) is 50.2 Å². The molecule has 3 atom stereocenters. The molecule has 2 aliphatic rings. The molecule has 2 fully saturated rings. The maximum atomic E-state index is 12.3. The number of amides is 1. The Kier molecular flexibility index (Phi) is 4.38. The van der Waals surface area contributed by atoms with Crippen molar-refractivity contribution in [1.29, 1.82) is 0 Å². The zero-order chi connectivity index (χ0) is 18.5. The molecule has 9 nitrogen and oxygen atoms in total. The summed E-state index contributed by atoms with van der Waals surface area (Å²) in [5.41, 5.74) is 5.86. The van der Waals surface area contributed by atoms with E-state index in [1.807, 2.05) is 4.90 Å². The average molecular weight is 370 g/mol. The number of carbonyl (C=O) groups is 2. The Morgan fingerprint density at radius 2 is 1.84 bits per heavy atom. The van der Waals surface area contributed by atoms with E-state index < -0.39 is 22.2 Å². The van der Waals surface area contributed by atoms with Crippen LogP contribution in [0.1, 0.15) is 54.6 Å². The van der Waals surface area contributed by atoms with Crippen molar-refractivity contribution in [3.05, 3.63) is 23.5 Å². The van der Waals surface area contributed by atoms with Crippen LogP contribution in [0.5, 0.6) is 0 Å². The van der Waals surface area contributed by atoms with Gasteiger partial charge in [-0.25, -0.2) is 13.9 Å². The molecule has 1 aromatic rings. The number of fused-ring (bicyclic) bond motifs is 2. The lowest BCUT2D eigenvalue weighted by Crippen LogP contribution is -2.51. The van der Waals surface area contributed by atoms with Gasteiger partial charge in [-0.1, -0.05) is 0 Å². The normalized spacial score (nSPS) is 27.3. The highest BCUT2D eigenvalue weighted by Gasteiger charge is 2.45. The summed E-state index contributed by atoms with van der Waals surface area (Å²) in [7, 11) is -4.19. The molecule has 10 heteroatoms. The predicted molar refractivity (Wildman–Crippen MR) is 89.2 cm³/mol. The Hall–Kier alpha value is -1.91. The first-order chi connectivity index (χ1) is 11.6. The number of hydrogen-bond acceptors (Lipinski definition) is 5. The maximum absolute atomic E-state index is 12.3. The number of piperidine rings is 1. The minimum absolute atomic E-state index is 0.00160. The molecule has 0 aromatic carbocycles. The molecule has 3 unspecified atom stereocenters. The fraction of sp³-hybridized carbons (Fsp3) is 0.600. The molecule has 2 aliphatic heterocycles. The first-order valence-electron chi connectivity index (χ1n) is 8.16. The van der Waals surface area contributed by atoms with E-state index in [4.69, 9.17) is 10.9 Å². The summed E-state index contributed by atoms with van der Waals surface area (Å²) >= 11 is 0. The smallest absolute Gasteiger partial charge is 0.353 e. The van der Waals surface area contributed by atoms with E-state index in [1.165, 1.54) is 12.3 Å². The van der Waals surface area contributed by atoms with E-state index in [0.717, 1.165) is 12.8 Å². The van der Waals surface area contributed by atoms with Gasteiger partial charge >= 0.3 is 16.2 Å². The number of hydrogen-bond donors (Lipinski definition) is 3. The largest absolute Gasteiger partial charge is 0.477 e. The van der Waals surface area contributed by atoms with Crippen molar-refractivity contribution < 1.29 is 23.1 Å². The van der Waals surface area contributed by atoms with Crippen LogP contribution >= 0.6 is 0 Å². The van der Waals surface area contributed by atoms with Gasteiger partial charge in [-0.3, -0.25) is 4.79 Å². The molecular formula is C15H22N4O5S. The fourth-order valence-electron chi connectivity index (χ4n) is 4.21. The number of nitrogens with two attached hydrogens (primary N) is 2. The van der Waals surface area contributed by atoms with Gasteiger partial charge in [0.1, 0.15) is 5.69 Å². The van der Waals surface area contributed by atoms with Crippen LogP contribution in [0.4, 0.5) is 0 Å². The lowest BCUT2D eigenvalue weighted by atomic mass is 9.84. The Balaban J connectivity index is 1.93. The zero-order valence-corrected chi connectivity index (χ0v) is 14.6. The number of aromatic carboxylic acids is 1. The predicted octanol–water partition coefficient (Wildman–Crippen LogP) is -0.178. The van der Waals surface area contributed by atoms with Crippen LogP contribution in [-0.4, -0.2) is 52.4 Å². The van der Waals surface area contributed by atoms with Crippen LogP contribution in [0.3, 0.4) is 0 Å². The third-order valence-corrected chi connectivity index (χ3v) is 6.03. The summed E-state index contributed by atoms with van der Waals surface area (Å²) < 4.78 is 23.8. The SMILES string of the molecule is CC(N)C(=O)N1C2CCC1CC(c1ccn(S(N)(=O)=O)c1C(=O)O)C2. The van der Waals surface area contributed by atoms with Crippen molar-refractivity contribution in [3.8, 4) is 0 Å². The van der Waals surface area contributed by atoms with Gasteiger partial charge < -0.3 is 15.7 Å². The molecule has 2 bridgehead atoms. The third kappa shape index (κ3) is 3.05. The van der Waals surface area contributed by atoms with Gasteiger partial charge in [0.15, 0.2) is 0 Å². The van der Waals surface area contributed by atoms with E-state index in [2.05, 4.69) is 0 Å². The number of carbonyl (C=O) groups excluding carboxylic acids is 1. The molecule has 25 heavy (non-hydrogen) atoms. The molecule has 1 aromatic heterocycles. The molecule has 138 valence electrons. The fourth-order valence-corrected chi connectivity index (χ4v) is 4.88. The molecule has 0 radical (unpaired) electrons. The number of nitrogens with zero attached hydrogens (tertiary/aromatic N) is 2. The topological polar surface area (TPSA) is 149 Å². The summed E-state index contributed by atoms with van der Waals surface area (Å²) in [6, 6.07) is 0.933. The minimum atomic E-state index is -4.19. The second-order valence-corrected chi connectivity index (χ2v) is 8.28. The van der Waals surface area contributed by atoms with E-state index in [9.17, 15) is 23.1 Å². The van der Waals surface area contributed by atoms with Gasteiger partial charge in [-0.2, -0.15) is 8.42 Å². The number of rotatable bonds is 4. The summed E-state index contributed by atoms with van der Waals surface area (Å²) in [5.74, 6) is -1.56. The molecular weight excluding hydrogens is 348 g/mol. The standard InChI is InChI=1S/C15H22N4O5S/c1-8(16)14(20)19-10-2-3-11(19)7-9(6-10)12-4-5-18(25(17,23)24)13(12)15(21)22/h4-5,8-11H,2-3,6-7,16H2,1H3,(H,21,22)(H2,17,23,24). The van der Waals surface area contributed by atoms with Gasteiger partial charge in [0.25, 0.3) is 0 Å². The van der Waals surface area contributed by atoms with Crippen LogP contribution in [0.25, 0.3) is 0 Å². The quantitative estimate of drug-likeness (QED) is 0.669. The van der Waals surface area contributed by atoms with Crippen molar-refractivity contribution >= 4 is 22.1 Å². The summed E-state index contributed by atoms with van der Waals surface area (Å²) in [5, 5.41) is 14.6. The monoisotopic (exact) mass is 370 g/mol. The summed E-state index contributed by atoms with van der Waals surface area (Å²) in [4.78, 5) is 25.8. The third-order valence-electron chi connectivity index (χ3n) is 5.18. The molecule has 2 saturated heterocycles. The highest BCUT2D eigenvalue weighted by molar-refractivity contribution is 7.87. The maximum Gasteiger partial charge on any atom is 0.353 e. The van der Waals surface area contributed by atoms with Crippen LogP contribution in [-0.2, 0) is 15.0 Å². The van der Waals surface area contributed by atoms with Crippen LogP contribution in [0, 0.1) is 0 Å². The highest BCUT2D eigenvalue weighted by atomic mass is 32.2. The van der Waals surface area contributed by atoms with Crippen molar-refractivity contribution in [2.24, 2.45) is 10.9 Å². The molecule has 5 N–H and O–H groups in total. The van der Waals surface area contributed by atoms with E-state index in [0.29, 0.717) is 22.4 Å². The van der Waals surface area contributed by atoms with Crippen molar-refractivity contribution in [2.75, 3.05) is 0 Å². The van der Waals surface area contributed by atoms with Gasteiger partial charge in [0, 0.05) is 18.3 Å².